The molecule has 17 heavy (non-hydrogen) atoms. The van der Waals surface area contributed by atoms with E-state index in [1.54, 1.807) is 0 Å². The normalized spacial score (nSPS) is 32.4. The second kappa shape index (κ2) is 5.17. The Balaban J connectivity index is 1.50. The third kappa shape index (κ3) is 2.68. The van der Waals surface area contributed by atoms with E-state index in [0.717, 1.165) is 25.5 Å². The first-order chi connectivity index (χ1) is 8.42. The largest absolute Gasteiger partial charge is 0.373 e. The molecule has 92 valence electrons. The Bertz CT molecular complexity index is 354. The van der Waals surface area contributed by atoms with E-state index < -0.39 is 0 Å². The zero-order valence-corrected chi connectivity index (χ0v) is 10.1. The van der Waals surface area contributed by atoms with Crippen LogP contribution in [0.15, 0.2) is 30.3 Å². The van der Waals surface area contributed by atoms with Crippen LogP contribution in [0.25, 0.3) is 0 Å². The molecule has 1 saturated carbocycles. The SMILES string of the molecule is c1ccc(COC2CCC3CNNC3C2)cc1. The van der Waals surface area contributed by atoms with Gasteiger partial charge in [-0.05, 0) is 30.7 Å². The summed E-state index contributed by atoms with van der Waals surface area (Å²) in [5.41, 5.74) is 7.88. The quantitative estimate of drug-likeness (QED) is 0.834. The molecule has 3 atom stereocenters. The van der Waals surface area contributed by atoms with Gasteiger partial charge in [0.05, 0.1) is 12.7 Å². The van der Waals surface area contributed by atoms with Crippen molar-refractivity contribution in [1.82, 2.24) is 10.9 Å². The van der Waals surface area contributed by atoms with Crippen LogP contribution in [-0.4, -0.2) is 18.7 Å². The van der Waals surface area contributed by atoms with Gasteiger partial charge in [-0.15, -0.1) is 0 Å². The Morgan fingerprint density at radius 2 is 2.06 bits per heavy atom. The van der Waals surface area contributed by atoms with Gasteiger partial charge in [0.2, 0.25) is 0 Å². The molecule has 3 nitrogen and oxygen atoms in total. The van der Waals surface area contributed by atoms with Crippen LogP contribution in [0, 0.1) is 5.92 Å². The molecule has 3 unspecified atom stereocenters. The van der Waals surface area contributed by atoms with Gasteiger partial charge in [-0.2, -0.15) is 0 Å². The molecule has 2 N–H and O–H groups in total. The van der Waals surface area contributed by atoms with Crippen LogP contribution in [0.5, 0.6) is 0 Å². The van der Waals surface area contributed by atoms with E-state index in [-0.39, 0.29) is 0 Å². The summed E-state index contributed by atoms with van der Waals surface area (Å²) in [5.74, 6) is 0.812. The summed E-state index contributed by atoms with van der Waals surface area (Å²) in [6.07, 6.45) is 4.05. The van der Waals surface area contributed by atoms with Crippen molar-refractivity contribution in [3.05, 3.63) is 35.9 Å². The minimum absolute atomic E-state index is 0.420. The van der Waals surface area contributed by atoms with Crippen LogP contribution in [0.3, 0.4) is 0 Å². The molecule has 0 aromatic heterocycles. The maximum atomic E-state index is 6.01. The first kappa shape index (κ1) is 11.2. The lowest BCUT2D eigenvalue weighted by molar-refractivity contribution is 0.00270. The predicted molar refractivity (Wildman–Crippen MR) is 67.3 cm³/mol. The lowest BCUT2D eigenvalue weighted by Gasteiger charge is -2.30. The third-order valence-corrected chi connectivity index (χ3v) is 3.93. The highest BCUT2D eigenvalue weighted by molar-refractivity contribution is 5.13. The fraction of sp³-hybridized carbons (Fsp3) is 0.571. The smallest absolute Gasteiger partial charge is 0.0720 e. The highest BCUT2D eigenvalue weighted by Gasteiger charge is 2.33. The second-order valence-corrected chi connectivity index (χ2v) is 5.12. The standard InChI is InChI=1S/C14H20N2O/c1-2-4-11(5-3-1)10-17-13-7-6-12-9-15-16-14(12)8-13/h1-5,12-16H,6-10H2. The summed E-state index contributed by atoms with van der Waals surface area (Å²) in [5, 5.41) is 0. The van der Waals surface area contributed by atoms with Crippen molar-refractivity contribution in [2.75, 3.05) is 6.54 Å². The molecule has 2 aliphatic rings. The van der Waals surface area contributed by atoms with E-state index in [9.17, 15) is 0 Å². The number of hydrazine groups is 1. The average Bonchev–Trinajstić information content (AvgIpc) is 2.85. The van der Waals surface area contributed by atoms with Crippen molar-refractivity contribution < 1.29 is 4.74 Å². The number of benzene rings is 1. The number of hydrogen-bond acceptors (Lipinski definition) is 3. The molecule has 0 spiro atoms. The number of nitrogens with one attached hydrogen (secondary N) is 2. The van der Waals surface area contributed by atoms with E-state index >= 15 is 0 Å². The summed E-state index contributed by atoms with van der Waals surface area (Å²) >= 11 is 0. The summed E-state index contributed by atoms with van der Waals surface area (Å²) in [6.45, 7) is 1.87. The zero-order chi connectivity index (χ0) is 11.5. The molecule has 1 aromatic rings. The van der Waals surface area contributed by atoms with Crippen LogP contribution < -0.4 is 10.9 Å². The fourth-order valence-electron chi connectivity index (χ4n) is 2.88. The van der Waals surface area contributed by atoms with E-state index in [4.69, 9.17) is 4.74 Å². The summed E-state index contributed by atoms with van der Waals surface area (Å²) in [7, 11) is 0. The van der Waals surface area contributed by atoms with E-state index in [1.165, 1.54) is 18.4 Å². The molecule has 1 aromatic carbocycles. The van der Waals surface area contributed by atoms with Crippen LogP contribution >= 0.6 is 0 Å². The molecule has 3 heteroatoms. The van der Waals surface area contributed by atoms with Gasteiger partial charge in [0.25, 0.3) is 0 Å². The Hall–Kier alpha value is -0.900. The summed E-state index contributed by atoms with van der Waals surface area (Å²) in [6, 6.07) is 11.0. The number of ether oxygens (including phenoxy) is 1. The lowest BCUT2D eigenvalue weighted by Crippen LogP contribution is -2.38. The first-order valence-electron chi connectivity index (χ1n) is 6.56. The van der Waals surface area contributed by atoms with Gasteiger partial charge in [0.1, 0.15) is 0 Å². The van der Waals surface area contributed by atoms with Crippen LogP contribution in [0.4, 0.5) is 0 Å². The van der Waals surface area contributed by atoms with Crippen molar-refractivity contribution in [3.63, 3.8) is 0 Å². The maximum absolute atomic E-state index is 6.01. The highest BCUT2D eigenvalue weighted by Crippen LogP contribution is 2.28. The first-order valence-corrected chi connectivity index (χ1v) is 6.56. The van der Waals surface area contributed by atoms with Crippen molar-refractivity contribution in [1.29, 1.82) is 0 Å². The lowest BCUT2D eigenvalue weighted by atomic mass is 9.84. The molecule has 1 saturated heterocycles. The minimum atomic E-state index is 0.420. The second-order valence-electron chi connectivity index (χ2n) is 5.12. The molecule has 0 amide bonds. The zero-order valence-electron chi connectivity index (χ0n) is 10.1. The fourth-order valence-corrected chi connectivity index (χ4v) is 2.88. The molecule has 3 rings (SSSR count). The van der Waals surface area contributed by atoms with Crippen molar-refractivity contribution in [2.24, 2.45) is 5.92 Å². The van der Waals surface area contributed by atoms with Crippen LogP contribution in [0.1, 0.15) is 24.8 Å². The van der Waals surface area contributed by atoms with Gasteiger partial charge in [-0.25, -0.2) is 0 Å². The summed E-state index contributed by atoms with van der Waals surface area (Å²) in [4.78, 5) is 0. The highest BCUT2D eigenvalue weighted by atomic mass is 16.5. The van der Waals surface area contributed by atoms with Crippen LogP contribution in [-0.2, 0) is 11.3 Å². The molecule has 0 radical (unpaired) electrons. The molecule has 2 fully saturated rings. The maximum Gasteiger partial charge on any atom is 0.0720 e. The predicted octanol–water partition coefficient (Wildman–Crippen LogP) is 1.85. The van der Waals surface area contributed by atoms with Crippen molar-refractivity contribution in [2.45, 2.75) is 38.0 Å². The Morgan fingerprint density at radius 3 is 2.94 bits per heavy atom. The monoisotopic (exact) mass is 232 g/mol. The van der Waals surface area contributed by atoms with Crippen molar-refractivity contribution in [3.8, 4) is 0 Å². The number of fused-ring (bicyclic) bond motifs is 1. The van der Waals surface area contributed by atoms with Gasteiger partial charge < -0.3 is 4.74 Å². The molecule has 1 aliphatic heterocycles. The topological polar surface area (TPSA) is 33.3 Å². The van der Waals surface area contributed by atoms with Crippen LogP contribution in [0.2, 0.25) is 0 Å². The molecule has 1 heterocycles. The average molecular weight is 232 g/mol. The van der Waals surface area contributed by atoms with Gasteiger partial charge in [-0.1, -0.05) is 30.3 Å². The third-order valence-electron chi connectivity index (χ3n) is 3.93. The molecule has 1 aliphatic carbocycles. The minimum Gasteiger partial charge on any atom is -0.373 e. The molecular formula is C14H20N2O. The summed E-state index contributed by atoms with van der Waals surface area (Å²) < 4.78 is 6.01. The Morgan fingerprint density at radius 1 is 1.18 bits per heavy atom. The Labute approximate surface area is 103 Å². The number of rotatable bonds is 3. The van der Waals surface area contributed by atoms with E-state index in [2.05, 4.69) is 35.1 Å². The van der Waals surface area contributed by atoms with Gasteiger partial charge in [0.15, 0.2) is 0 Å². The van der Waals surface area contributed by atoms with Crippen molar-refractivity contribution >= 4 is 0 Å². The Kier molecular flexibility index (Phi) is 3.41. The van der Waals surface area contributed by atoms with E-state index in [0.29, 0.717) is 12.1 Å². The molecule has 0 bridgehead atoms. The van der Waals surface area contributed by atoms with Gasteiger partial charge in [0, 0.05) is 12.6 Å². The van der Waals surface area contributed by atoms with E-state index in [1.807, 2.05) is 6.07 Å². The molecular weight excluding hydrogens is 212 g/mol. The van der Waals surface area contributed by atoms with Gasteiger partial charge in [-0.3, -0.25) is 10.9 Å². The van der Waals surface area contributed by atoms with Gasteiger partial charge >= 0.3 is 0 Å². The number of hydrogen-bond donors (Lipinski definition) is 2.